The Morgan fingerprint density at radius 3 is 2.33 bits per heavy atom. The summed E-state index contributed by atoms with van der Waals surface area (Å²) in [4.78, 5) is 12.2. The summed E-state index contributed by atoms with van der Waals surface area (Å²) in [5.74, 6) is 1.37. The lowest BCUT2D eigenvalue weighted by Gasteiger charge is -2.13. The molecule has 0 spiro atoms. The lowest BCUT2D eigenvalue weighted by atomic mass is 10.0. The average Bonchev–Trinajstić information content (AvgIpc) is 3.25. The molecule has 0 radical (unpaired) electrons. The molecule has 0 aliphatic heterocycles. The number of carbonyl (C=O) groups is 1. The third-order valence-corrected chi connectivity index (χ3v) is 3.53. The van der Waals surface area contributed by atoms with Gasteiger partial charge in [-0.05, 0) is 55.9 Å². The number of hydrogen-bond acceptors (Lipinski definition) is 3. The second-order valence-corrected chi connectivity index (χ2v) is 5.20. The van der Waals surface area contributed by atoms with E-state index < -0.39 is 0 Å². The van der Waals surface area contributed by atoms with Crippen LogP contribution in [0.15, 0.2) is 24.3 Å². The van der Waals surface area contributed by atoms with E-state index in [2.05, 4.69) is 0 Å². The molecule has 0 heterocycles. The second kappa shape index (κ2) is 4.73. The van der Waals surface area contributed by atoms with E-state index in [-0.39, 0.29) is 11.9 Å². The fourth-order valence-corrected chi connectivity index (χ4v) is 2.15. The highest BCUT2D eigenvalue weighted by Crippen LogP contribution is 2.35. The van der Waals surface area contributed by atoms with Gasteiger partial charge < -0.3 is 9.47 Å². The number of Topliss-reactive ketones (excluding diaryl/α,β-unsaturated/α-hetero) is 1. The van der Waals surface area contributed by atoms with E-state index in [9.17, 15) is 4.79 Å². The van der Waals surface area contributed by atoms with Gasteiger partial charge in [-0.25, -0.2) is 0 Å². The van der Waals surface area contributed by atoms with Crippen molar-refractivity contribution >= 4 is 5.78 Å². The molecule has 2 fully saturated rings. The van der Waals surface area contributed by atoms with Crippen LogP contribution in [0.1, 0.15) is 36.0 Å². The van der Waals surface area contributed by atoms with E-state index in [4.69, 9.17) is 9.47 Å². The Kier molecular flexibility index (Phi) is 3.08. The normalized spacial score (nSPS) is 20.5. The van der Waals surface area contributed by atoms with Crippen LogP contribution in [0.25, 0.3) is 0 Å². The smallest absolute Gasteiger partial charge is 0.191 e. The van der Waals surface area contributed by atoms with Crippen LogP contribution in [-0.4, -0.2) is 25.1 Å². The van der Waals surface area contributed by atoms with Gasteiger partial charge in [0.05, 0.1) is 6.10 Å². The molecule has 1 unspecified atom stereocenters. The predicted molar refractivity (Wildman–Crippen MR) is 67.9 cm³/mol. The molecule has 3 heteroatoms. The minimum absolute atomic E-state index is 0.0953. The maximum Gasteiger partial charge on any atom is 0.191 e. The van der Waals surface area contributed by atoms with Crippen molar-refractivity contribution in [2.24, 2.45) is 5.92 Å². The van der Waals surface area contributed by atoms with Gasteiger partial charge in [0.25, 0.3) is 0 Å². The average molecular weight is 246 g/mol. The lowest BCUT2D eigenvalue weighted by Crippen LogP contribution is -2.25. The van der Waals surface area contributed by atoms with Crippen LogP contribution in [-0.2, 0) is 4.74 Å². The van der Waals surface area contributed by atoms with E-state index in [1.165, 1.54) is 0 Å². The highest BCUT2D eigenvalue weighted by molar-refractivity contribution is 6.00. The van der Waals surface area contributed by atoms with Gasteiger partial charge in [-0.2, -0.15) is 0 Å². The first kappa shape index (κ1) is 11.7. The van der Waals surface area contributed by atoms with Gasteiger partial charge in [-0.1, -0.05) is 0 Å². The summed E-state index contributed by atoms with van der Waals surface area (Å²) >= 11 is 0. The first-order valence-electron chi connectivity index (χ1n) is 6.61. The van der Waals surface area contributed by atoms with Gasteiger partial charge in [-0.3, -0.25) is 4.79 Å². The van der Waals surface area contributed by atoms with Crippen LogP contribution in [0, 0.1) is 5.92 Å². The summed E-state index contributed by atoms with van der Waals surface area (Å²) in [5, 5.41) is 0. The molecule has 2 aliphatic carbocycles. The summed E-state index contributed by atoms with van der Waals surface area (Å²) in [6, 6.07) is 7.44. The lowest BCUT2D eigenvalue weighted by molar-refractivity contribution is 0.0540. The highest BCUT2D eigenvalue weighted by atomic mass is 16.5. The van der Waals surface area contributed by atoms with E-state index in [0.29, 0.717) is 12.0 Å². The molecule has 18 heavy (non-hydrogen) atoms. The maximum absolute atomic E-state index is 12.2. The minimum atomic E-state index is -0.264. The highest BCUT2D eigenvalue weighted by Gasteiger charge is 2.36. The molecule has 0 N–H and O–H groups in total. The van der Waals surface area contributed by atoms with Crippen molar-refractivity contribution < 1.29 is 14.3 Å². The van der Waals surface area contributed by atoms with Gasteiger partial charge in [0.2, 0.25) is 0 Å². The number of hydrogen-bond donors (Lipinski definition) is 0. The Labute approximate surface area is 107 Å². The molecule has 1 aromatic rings. The molecule has 3 nitrogen and oxygen atoms in total. The number of benzene rings is 1. The molecule has 1 aromatic carbocycles. The molecular formula is C15H18O3. The van der Waals surface area contributed by atoms with Crippen molar-refractivity contribution in [3.8, 4) is 5.75 Å². The first-order valence-corrected chi connectivity index (χ1v) is 6.61. The molecule has 2 aliphatic rings. The van der Waals surface area contributed by atoms with E-state index in [1.54, 1.807) is 7.11 Å². The molecule has 3 rings (SSSR count). The minimum Gasteiger partial charge on any atom is -0.490 e. The maximum atomic E-state index is 12.2. The molecule has 0 amide bonds. The summed E-state index contributed by atoms with van der Waals surface area (Å²) < 4.78 is 11.0. The number of ketones is 1. The molecule has 0 saturated heterocycles. The standard InChI is InChI=1S/C15H18O3/c1-17-15(11-2-3-11)14(16)10-4-6-12(7-5-10)18-13-8-9-13/h4-7,11,13,15H,2-3,8-9H2,1H3. The monoisotopic (exact) mass is 246 g/mol. The van der Waals surface area contributed by atoms with E-state index in [0.717, 1.165) is 37.0 Å². The van der Waals surface area contributed by atoms with Gasteiger partial charge in [-0.15, -0.1) is 0 Å². The zero-order valence-corrected chi connectivity index (χ0v) is 10.6. The Hall–Kier alpha value is -1.35. The Bertz CT molecular complexity index is 430. The number of rotatable bonds is 6. The summed E-state index contributed by atoms with van der Waals surface area (Å²) in [7, 11) is 1.62. The fourth-order valence-electron chi connectivity index (χ4n) is 2.15. The van der Waals surface area contributed by atoms with Crippen molar-refractivity contribution in [1.82, 2.24) is 0 Å². The van der Waals surface area contributed by atoms with Gasteiger partial charge in [0.15, 0.2) is 5.78 Å². The first-order chi connectivity index (χ1) is 8.78. The summed E-state index contributed by atoms with van der Waals surface area (Å²) in [6.45, 7) is 0. The van der Waals surface area contributed by atoms with E-state index >= 15 is 0 Å². The van der Waals surface area contributed by atoms with E-state index in [1.807, 2.05) is 24.3 Å². The molecule has 0 bridgehead atoms. The molecule has 96 valence electrons. The van der Waals surface area contributed by atoms with Crippen LogP contribution >= 0.6 is 0 Å². The summed E-state index contributed by atoms with van der Waals surface area (Å²) in [5.41, 5.74) is 0.719. The quantitative estimate of drug-likeness (QED) is 0.724. The number of carbonyl (C=O) groups excluding carboxylic acids is 1. The van der Waals surface area contributed by atoms with Gasteiger partial charge in [0.1, 0.15) is 11.9 Å². The zero-order valence-electron chi connectivity index (χ0n) is 10.6. The van der Waals surface area contributed by atoms with Crippen molar-refractivity contribution in [1.29, 1.82) is 0 Å². The Morgan fingerprint density at radius 2 is 1.83 bits per heavy atom. The largest absolute Gasteiger partial charge is 0.490 e. The van der Waals surface area contributed by atoms with Crippen LogP contribution < -0.4 is 4.74 Å². The van der Waals surface area contributed by atoms with Crippen molar-refractivity contribution in [2.45, 2.75) is 37.9 Å². The Morgan fingerprint density at radius 1 is 1.17 bits per heavy atom. The molecule has 2 saturated carbocycles. The molecular weight excluding hydrogens is 228 g/mol. The fraction of sp³-hybridized carbons (Fsp3) is 0.533. The SMILES string of the molecule is COC(C(=O)c1ccc(OC2CC2)cc1)C1CC1. The third-order valence-electron chi connectivity index (χ3n) is 3.53. The third kappa shape index (κ3) is 2.56. The van der Waals surface area contributed by atoms with Crippen molar-refractivity contribution in [2.75, 3.05) is 7.11 Å². The van der Waals surface area contributed by atoms with Crippen molar-refractivity contribution in [3.05, 3.63) is 29.8 Å². The van der Waals surface area contributed by atoms with Gasteiger partial charge >= 0.3 is 0 Å². The predicted octanol–water partition coefficient (Wildman–Crippen LogP) is 2.84. The Balaban J connectivity index is 1.68. The number of ether oxygens (including phenoxy) is 2. The van der Waals surface area contributed by atoms with Crippen LogP contribution in [0.4, 0.5) is 0 Å². The summed E-state index contributed by atoms with van der Waals surface area (Å²) in [6.07, 6.45) is 4.63. The van der Waals surface area contributed by atoms with Crippen LogP contribution in [0.5, 0.6) is 5.75 Å². The van der Waals surface area contributed by atoms with Gasteiger partial charge in [0, 0.05) is 12.7 Å². The van der Waals surface area contributed by atoms with Crippen LogP contribution in [0.2, 0.25) is 0 Å². The molecule has 0 aromatic heterocycles. The van der Waals surface area contributed by atoms with Crippen LogP contribution in [0.3, 0.4) is 0 Å². The second-order valence-electron chi connectivity index (χ2n) is 5.20. The van der Waals surface area contributed by atoms with Crippen molar-refractivity contribution in [3.63, 3.8) is 0 Å². The topological polar surface area (TPSA) is 35.5 Å². The molecule has 1 atom stereocenters. The number of methoxy groups -OCH3 is 1. The zero-order chi connectivity index (χ0) is 12.5.